The molecule has 0 aliphatic heterocycles. The largest absolute Gasteiger partial charge is 0.409 e. The van der Waals surface area contributed by atoms with Crippen LogP contribution in [0, 0.1) is 5.92 Å². The second kappa shape index (κ2) is 5.79. The van der Waals surface area contributed by atoms with Gasteiger partial charge in [0.1, 0.15) is 0 Å². The molecule has 0 saturated heterocycles. The average molecular weight is 286 g/mol. The number of halogens is 7. The fourth-order valence-corrected chi connectivity index (χ4v) is 1.37. The zero-order chi connectivity index (χ0) is 13.9. The van der Waals surface area contributed by atoms with Gasteiger partial charge in [-0.05, 0) is 13.3 Å². The van der Waals surface area contributed by atoms with E-state index in [4.69, 9.17) is 11.6 Å². The third-order valence-electron chi connectivity index (χ3n) is 1.85. The molecule has 0 aromatic heterocycles. The zero-order valence-electron chi connectivity index (χ0n) is 8.62. The second-order valence-corrected chi connectivity index (χ2v) is 3.78. The topological polar surface area (TPSA) is 29.1 Å². The molecule has 17 heavy (non-hydrogen) atoms. The van der Waals surface area contributed by atoms with Gasteiger partial charge in [0.05, 0.1) is 0 Å². The molecule has 0 aliphatic carbocycles. The number of amides is 1. The Morgan fingerprint density at radius 1 is 1.18 bits per heavy atom. The first-order valence-electron chi connectivity index (χ1n) is 4.50. The van der Waals surface area contributed by atoms with Crippen molar-refractivity contribution in [2.45, 2.75) is 31.7 Å². The predicted octanol–water partition coefficient (Wildman–Crippen LogP) is 2.86. The average Bonchev–Trinajstić information content (AvgIpc) is 1.96. The minimum absolute atomic E-state index is 0.0180. The standard InChI is InChI=1S/C8H10ClF6NO/c1-4(2-3-9)16-6(17)5(7(10,11)12)8(13,14)15/h4-5H,2-3H2,1H3,(H,16,17). The van der Waals surface area contributed by atoms with E-state index in [9.17, 15) is 31.1 Å². The van der Waals surface area contributed by atoms with Gasteiger partial charge in [-0.3, -0.25) is 4.79 Å². The third kappa shape index (κ3) is 5.47. The maximum atomic E-state index is 12.1. The fourth-order valence-electron chi connectivity index (χ4n) is 1.04. The number of carbonyl (C=O) groups excluding carboxylic acids is 1. The molecule has 1 unspecified atom stereocenters. The summed E-state index contributed by atoms with van der Waals surface area (Å²) in [5.41, 5.74) is 0. The van der Waals surface area contributed by atoms with Crippen molar-refractivity contribution in [3.63, 3.8) is 0 Å². The first-order chi connectivity index (χ1) is 7.50. The van der Waals surface area contributed by atoms with E-state index in [1.165, 1.54) is 6.92 Å². The molecule has 0 heterocycles. The first-order valence-corrected chi connectivity index (χ1v) is 5.03. The molecule has 0 spiro atoms. The molecular weight excluding hydrogens is 276 g/mol. The summed E-state index contributed by atoms with van der Waals surface area (Å²) in [7, 11) is 0. The Labute approximate surface area is 98.3 Å². The summed E-state index contributed by atoms with van der Waals surface area (Å²) in [6.07, 6.45) is -11.2. The van der Waals surface area contributed by atoms with Crippen molar-refractivity contribution in [1.82, 2.24) is 5.32 Å². The molecular formula is C8H10ClF6NO. The zero-order valence-corrected chi connectivity index (χ0v) is 9.38. The number of hydrogen-bond donors (Lipinski definition) is 1. The summed E-state index contributed by atoms with van der Waals surface area (Å²) in [6.45, 7) is 1.27. The van der Waals surface area contributed by atoms with Gasteiger partial charge in [-0.1, -0.05) is 0 Å². The minimum atomic E-state index is -5.66. The summed E-state index contributed by atoms with van der Waals surface area (Å²) < 4.78 is 72.6. The Kier molecular flexibility index (Phi) is 5.57. The van der Waals surface area contributed by atoms with Crippen LogP contribution in [-0.2, 0) is 4.79 Å². The van der Waals surface area contributed by atoms with Crippen molar-refractivity contribution >= 4 is 17.5 Å². The molecule has 0 radical (unpaired) electrons. The van der Waals surface area contributed by atoms with E-state index in [-0.39, 0.29) is 12.3 Å². The van der Waals surface area contributed by atoms with Gasteiger partial charge in [-0.25, -0.2) is 0 Å². The van der Waals surface area contributed by atoms with Crippen molar-refractivity contribution in [2.75, 3.05) is 5.88 Å². The van der Waals surface area contributed by atoms with Gasteiger partial charge in [0.2, 0.25) is 11.8 Å². The number of carbonyl (C=O) groups is 1. The van der Waals surface area contributed by atoms with E-state index in [1.54, 1.807) is 5.32 Å². The molecule has 1 amide bonds. The van der Waals surface area contributed by atoms with Gasteiger partial charge in [-0.2, -0.15) is 26.3 Å². The van der Waals surface area contributed by atoms with Crippen molar-refractivity contribution in [2.24, 2.45) is 5.92 Å². The van der Waals surface area contributed by atoms with E-state index in [2.05, 4.69) is 0 Å². The maximum Gasteiger partial charge on any atom is 0.409 e. The van der Waals surface area contributed by atoms with Gasteiger partial charge >= 0.3 is 12.4 Å². The maximum absolute atomic E-state index is 12.1. The van der Waals surface area contributed by atoms with Crippen molar-refractivity contribution in [1.29, 1.82) is 0 Å². The van der Waals surface area contributed by atoms with Gasteiger partial charge in [-0.15, -0.1) is 11.6 Å². The quantitative estimate of drug-likeness (QED) is 0.624. The molecule has 9 heteroatoms. The number of nitrogens with one attached hydrogen (secondary N) is 1. The number of alkyl halides is 7. The minimum Gasteiger partial charge on any atom is -0.353 e. The highest BCUT2D eigenvalue weighted by molar-refractivity contribution is 6.17. The number of hydrogen-bond acceptors (Lipinski definition) is 1. The predicted molar refractivity (Wildman–Crippen MR) is 48.5 cm³/mol. The molecule has 1 atom stereocenters. The van der Waals surface area contributed by atoms with Crippen LogP contribution in [0.2, 0.25) is 0 Å². The Hall–Kier alpha value is -0.660. The highest BCUT2D eigenvalue weighted by atomic mass is 35.5. The summed E-state index contributed by atoms with van der Waals surface area (Å²) in [4.78, 5) is 10.9. The molecule has 102 valence electrons. The van der Waals surface area contributed by atoms with Crippen LogP contribution in [0.25, 0.3) is 0 Å². The van der Waals surface area contributed by atoms with E-state index in [1.807, 2.05) is 0 Å². The van der Waals surface area contributed by atoms with Crippen LogP contribution in [0.5, 0.6) is 0 Å². The Balaban J connectivity index is 4.80. The smallest absolute Gasteiger partial charge is 0.353 e. The fraction of sp³-hybridized carbons (Fsp3) is 0.875. The van der Waals surface area contributed by atoms with E-state index < -0.39 is 30.2 Å². The first kappa shape index (κ1) is 16.3. The number of rotatable bonds is 4. The van der Waals surface area contributed by atoms with Crippen LogP contribution in [0.15, 0.2) is 0 Å². The molecule has 1 N–H and O–H groups in total. The van der Waals surface area contributed by atoms with Crippen LogP contribution >= 0.6 is 11.6 Å². The van der Waals surface area contributed by atoms with Gasteiger partial charge in [0.25, 0.3) is 0 Å². The summed E-state index contributed by atoms with van der Waals surface area (Å²) in [6, 6.07) is -0.854. The van der Waals surface area contributed by atoms with Crippen molar-refractivity contribution in [3.8, 4) is 0 Å². The molecule has 0 aromatic carbocycles. The summed E-state index contributed by atoms with van der Waals surface area (Å²) >= 11 is 5.24. The van der Waals surface area contributed by atoms with Crippen LogP contribution in [0.1, 0.15) is 13.3 Å². The van der Waals surface area contributed by atoms with Crippen molar-refractivity contribution < 1.29 is 31.1 Å². The highest BCUT2D eigenvalue weighted by Crippen LogP contribution is 2.39. The Morgan fingerprint density at radius 3 is 1.88 bits per heavy atom. The molecule has 0 fully saturated rings. The van der Waals surface area contributed by atoms with Crippen LogP contribution in [0.4, 0.5) is 26.3 Å². The van der Waals surface area contributed by atoms with E-state index in [0.29, 0.717) is 0 Å². The SMILES string of the molecule is CC(CCCl)NC(=O)C(C(F)(F)F)C(F)(F)F. The van der Waals surface area contributed by atoms with Crippen LogP contribution < -0.4 is 5.32 Å². The molecule has 0 bridgehead atoms. The van der Waals surface area contributed by atoms with Crippen LogP contribution in [0.3, 0.4) is 0 Å². The Morgan fingerprint density at radius 2 is 1.59 bits per heavy atom. The van der Waals surface area contributed by atoms with Crippen molar-refractivity contribution in [3.05, 3.63) is 0 Å². The van der Waals surface area contributed by atoms with Crippen LogP contribution in [-0.4, -0.2) is 30.2 Å². The van der Waals surface area contributed by atoms with E-state index in [0.717, 1.165) is 0 Å². The lowest BCUT2D eigenvalue weighted by Gasteiger charge is -2.23. The van der Waals surface area contributed by atoms with Gasteiger partial charge < -0.3 is 5.32 Å². The molecule has 2 nitrogen and oxygen atoms in total. The van der Waals surface area contributed by atoms with E-state index >= 15 is 0 Å². The summed E-state index contributed by atoms with van der Waals surface area (Å²) in [5.74, 6) is -6.10. The van der Waals surface area contributed by atoms with Gasteiger partial charge in [0.15, 0.2) is 0 Å². The second-order valence-electron chi connectivity index (χ2n) is 3.40. The Bertz CT molecular complexity index is 250. The highest BCUT2D eigenvalue weighted by Gasteiger charge is 2.61. The summed E-state index contributed by atoms with van der Waals surface area (Å²) in [5, 5.41) is 1.63. The third-order valence-corrected chi connectivity index (χ3v) is 2.07. The molecule has 0 aliphatic rings. The molecule has 0 rings (SSSR count). The normalized spacial score (nSPS) is 14.9. The monoisotopic (exact) mass is 285 g/mol. The molecule has 0 saturated carbocycles. The lowest BCUT2D eigenvalue weighted by Crippen LogP contribution is -2.50. The molecule has 0 aromatic rings. The lowest BCUT2D eigenvalue weighted by molar-refractivity contribution is -0.274. The van der Waals surface area contributed by atoms with Gasteiger partial charge in [0, 0.05) is 11.9 Å². The lowest BCUT2D eigenvalue weighted by atomic mass is 10.1.